The van der Waals surface area contributed by atoms with Gasteiger partial charge in [0.15, 0.2) is 4.90 Å². The molecule has 1 aromatic heterocycles. The van der Waals surface area contributed by atoms with Crippen molar-refractivity contribution < 1.29 is 22.9 Å². The van der Waals surface area contributed by atoms with E-state index in [1.165, 1.54) is 24.4 Å². The fraction of sp³-hybridized carbons (Fsp3) is 0.450. The van der Waals surface area contributed by atoms with Gasteiger partial charge in [-0.3, -0.25) is 10.1 Å². The first-order chi connectivity index (χ1) is 15.8. The molecule has 1 aromatic carbocycles. The van der Waals surface area contributed by atoms with Gasteiger partial charge in [0.25, 0.3) is 5.69 Å². The molecule has 1 aliphatic rings. The van der Waals surface area contributed by atoms with Crippen LogP contribution in [-0.4, -0.2) is 61.6 Å². The largest absolute Gasteiger partial charge is 0.462 e. The Morgan fingerprint density at radius 2 is 2.09 bits per heavy atom. The van der Waals surface area contributed by atoms with Crippen LogP contribution in [-0.2, 0) is 14.8 Å². The second kappa shape index (κ2) is 10.5. The Labute approximate surface area is 191 Å². The van der Waals surface area contributed by atoms with Crippen LogP contribution in [0.5, 0.6) is 0 Å². The molecule has 1 saturated heterocycles. The Kier molecular flexibility index (Phi) is 7.76. The van der Waals surface area contributed by atoms with Crippen molar-refractivity contribution in [2.75, 3.05) is 36.5 Å². The molecule has 2 aromatic rings. The van der Waals surface area contributed by atoms with Crippen LogP contribution >= 0.6 is 0 Å². The number of carbonyl (C=O) groups is 1. The molecule has 0 aliphatic carbocycles. The second-order valence-electron chi connectivity index (χ2n) is 7.25. The molecule has 12 nitrogen and oxygen atoms in total. The van der Waals surface area contributed by atoms with Crippen LogP contribution in [0.1, 0.15) is 37.0 Å². The van der Waals surface area contributed by atoms with Crippen LogP contribution in [0.25, 0.3) is 0 Å². The number of nitro groups is 1. The van der Waals surface area contributed by atoms with Crippen molar-refractivity contribution in [3.05, 3.63) is 46.1 Å². The minimum atomic E-state index is -4.14. The number of hydrogen-bond acceptors (Lipinski definition) is 10. The highest BCUT2D eigenvalue weighted by Gasteiger charge is 2.32. The lowest BCUT2D eigenvalue weighted by atomic mass is 10.2. The first-order valence-corrected chi connectivity index (χ1v) is 12.0. The average Bonchev–Trinajstić information content (AvgIpc) is 3.27. The number of nitrogens with zero attached hydrogens (tertiary/aromatic N) is 4. The molecule has 13 heteroatoms. The summed E-state index contributed by atoms with van der Waals surface area (Å²) >= 11 is 0. The molecular weight excluding hydrogens is 452 g/mol. The summed E-state index contributed by atoms with van der Waals surface area (Å²) in [5, 5.41) is 14.2. The number of para-hydroxylation sites is 1. The molecule has 1 atom stereocenters. The molecule has 0 amide bonds. The van der Waals surface area contributed by atoms with Gasteiger partial charge in [0.05, 0.1) is 11.5 Å². The molecule has 0 radical (unpaired) electrons. The lowest BCUT2D eigenvalue weighted by Crippen LogP contribution is -2.41. The molecule has 1 fully saturated rings. The summed E-state index contributed by atoms with van der Waals surface area (Å²) in [4.78, 5) is 33.1. The van der Waals surface area contributed by atoms with Crippen LogP contribution in [0.15, 0.2) is 35.4 Å². The van der Waals surface area contributed by atoms with Crippen LogP contribution in [0.3, 0.4) is 0 Å². The summed E-state index contributed by atoms with van der Waals surface area (Å²) in [5.41, 5.74) is -0.309. The summed E-state index contributed by atoms with van der Waals surface area (Å²) in [5.74, 6) is 0.125. The molecule has 33 heavy (non-hydrogen) atoms. The summed E-state index contributed by atoms with van der Waals surface area (Å²) < 4.78 is 33.2. The maximum Gasteiger partial charge on any atom is 0.343 e. The molecule has 1 aliphatic heterocycles. The van der Waals surface area contributed by atoms with Gasteiger partial charge in [-0.25, -0.2) is 22.9 Å². The third kappa shape index (κ3) is 5.54. The van der Waals surface area contributed by atoms with E-state index in [4.69, 9.17) is 4.74 Å². The lowest BCUT2D eigenvalue weighted by Gasteiger charge is -2.27. The number of hydrogen-bond donors (Lipinski definition) is 2. The number of sulfonamides is 1. The second-order valence-corrected chi connectivity index (χ2v) is 8.98. The van der Waals surface area contributed by atoms with E-state index in [0.717, 1.165) is 12.5 Å². The number of nitro benzene ring substituents is 1. The molecule has 0 spiro atoms. The Morgan fingerprint density at radius 1 is 1.33 bits per heavy atom. The van der Waals surface area contributed by atoms with Crippen molar-refractivity contribution >= 4 is 33.4 Å². The molecule has 1 unspecified atom stereocenters. The minimum Gasteiger partial charge on any atom is -0.462 e. The van der Waals surface area contributed by atoms with Crippen LogP contribution < -0.4 is 14.9 Å². The zero-order chi connectivity index (χ0) is 24.0. The molecule has 3 rings (SSSR count). The lowest BCUT2D eigenvalue weighted by molar-refractivity contribution is -0.387. The number of rotatable bonds is 10. The monoisotopic (exact) mass is 478 g/mol. The van der Waals surface area contributed by atoms with Crippen molar-refractivity contribution in [1.82, 2.24) is 14.7 Å². The van der Waals surface area contributed by atoms with E-state index in [2.05, 4.69) is 20.0 Å². The zero-order valence-electron chi connectivity index (χ0n) is 18.4. The zero-order valence-corrected chi connectivity index (χ0v) is 19.2. The molecular formula is C20H26N6O6S. The van der Waals surface area contributed by atoms with Crippen molar-refractivity contribution in [2.45, 2.75) is 37.6 Å². The number of ether oxygens (including phenoxy) is 1. The van der Waals surface area contributed by atoms with Crippen molar-refractivity contribution in [2.24, 2.45) is 0 Å². The van der Waals surface area contributed by atoms with Gasteiger partial charge in [-0.15, -0.1) is 0 Å². The summed E-state index contributed by atoms with van der Waals surface area (Å²) in [7, 11) is -4.14. The number of anilines is 2. The van der Waals surface area contributed by atoms with E-state index >= 15 is 0 Å². The van der Waals surface area contributed by atoms with Gasteiger partial charge in [0.1, 0.15) is 11.4 Å². The third-order valence-corrected chi connectivity index (χ3v) is 6.58. The molecule has 2 N–H and O–H groups in total. The summed E-state index contributed by atoms with van der Waals surface area (Å²) in [6, 6.07) is 4.85. The highest BCUT2D eigenvalue weighted by atomic mass is 32.2. The molecule has 0 saturated carbocycles. The van der Waals surface area contributed by atoms with Gasteiger partial charge in [-0.1, -0.05) is 12.1 Å². The summed E-state index contributed by atoms with van der Waals surface area (Å²) in [6.07, 6.45) is 2.79. The Balaban J connectivity index is 1.86. The van der Waals surface area contributed by atoms with Gasteiger partial charge in [-0.05, 0) is 32.8 Å². The van der Waals surface area contributed by atoms with Crippen LogP contribution in [0, 0.1) is 10.1 Å². The van der Waals surface area contributed by atoms with Crippen molar-refractivity contribution in [1.29, 1.82) is 0 Å². The smallest absolute Gasteiger partial charge is 0.343 e. The van der Waals surface area contributed by atoms with E-state index in [-0.39, 0.29) is 24.8 Å². The van der Waals surface area contributed by atoms with Crippen molar-refractivity contribution in [3.63, 3.8) is 0 Å². The minimum absolute atomic E-state index is 0.0167. The fourth-order valence-electron chi connectivity index (χ4n) is 3.63. The van der Waals surface area contributed by atoms with Gasteiger partial charge in [0, 0.05) is 37.9 Å². The number of aromatic nitrogens is 2. The fourth-order valence-corrected chi connectivity index (χ4v) is 4.88. The highest BCUT2D eigenvalue weighted by molar-refractivity contribution is 7.89. The third-order valence-electron chi connectivity index (χ3n) is 5.11. The number of benzene rings is 1. The van der Waals surface area contributed by atoms with E-state index in [1.807, 2.05) is 11.8 Å². The normalized spacial score (nSPS) is 15.9. The van der Waals surface area contributed by atoms with Crippen molar-refractivity contribution in [3.8, 4) is 0 Å². The standard InChI is InChI=1S/C20H26N6O6S/c1-3-21-20-22-13-15(19(27)32-4-2)18(24-20)25-11-7-8-14(25)12-23-33(30,31)17-10-6-5-9-16(17)26(28)29/h5-6,9-10,13-14,23H,3-4,7-8,11-12H2,1-2H3,(H,21,22,24). The van der Waals surface area contributed by atoms with E-state index in [9.17, 15) is 23.3 Å². The van der Waals surface area contributed by atoms with Crippen LogP contribution in [0.2, 0.25) is 0 Å². The van der Waals surface area contributed by atoms with E-state index < -0.39 is 31.5 Å². The van der Waals surface area contributed by atoms with Gasteiger partial charge < -0.3 is 15.0 Å². The van der Waals surface area contributed by atoms with Crippen LogP contribution in [0.4, 0.5) is 17.5 Å². The highest BCUT2D eigenvalue weighted by Crippen LogP contribution is 2.29. The number of carbonyl (C=O) groups excluding carboxylic acids is 1. The Morgan fingerprint density at radius 3 is 2.79 bits per heavy atom. The first kappa shape index (κ1) is 24.3. The quantitative estimate of drug-likeness (QED) is 0.294. The number of nitrogens with one attached hydrogen (secondary N) is 2. The Hall–Kier alpha value is -3.32. The van der Waals surface area contributed by atoms with Gasteiger partial charge >= 0.3 is 5.97 Å². The van der Waals surface area contributed by atoms with E-state index in [1.54, 1.807) is 6.92 Å². The Bertz CT molecular complexity index is 1130. The first-order valence-electron chi connectivity index (χ1n) is 10.6. The maximum absolute atomic E-state index is 12.8. The SMILES string of the molecule is CCNc1ncc(C(=O)OCC)c(N2CCCC2CNS(=O)(=O)c2ccccc2[N+](=O)[O-])n1. The predicted molar refractivity (Wildman–Crippen MR) is 121 cm³/mol. The number of esters is 1. The van der Waals surface area contributed by atoms with E-state index in [0.29, 0.717) is 31.3 Å². The average molecular weight is 479 g/mol. The predicted octanol–water partition coefficient (Wildman–Crippen LogP) is 1.94. The molecule has 178 valence electrons. The summed E-state index contributed by atoms with van der Waals surface area (Å²) in [6.45, 7) is 4.88. The topological polar surface area (TPSA) is 157 Å². The van der Waals surface area contributed by atoms with Gasteiger partial charge in [0.2, 0.25) is 16.0 Å². The van der Waals surface area contributed by atoms with Gasteiger partial charge in [-0.2, -0.15) is 4.98 Å². The molecule has 2 heterocycles. The maximum atomic E-state index is 12.8. The molecule has 0 bridgehead atoms.